The number of urea groups is 1. The first kappa shape index (κ1) is 11.6. The third-order valence-corrected chi connectivity index (χ3v) is 2.13. The number of barbiturate groups is 1. The van der Waals surface area contributed by atoms with Crippen LogP contribution in [-0.2, 0) is 9.59 Å². The highest BCUT2D eigenvalue weighted by Crippen LogP contribution is 2.19. The summed E-state index contributed by atoms with van der Waals surface area (Å²) >= 11 is 0. The van der Waals surface area contributed by atoms with E-state index in [2.05, 4.69) is 0 Å². The summed E-state index contributed by atoms with van der Waals surface area (Å²) in [5.74, 6) is -1.69. The zero-order valence-corrected chi connectivity index (χ0v) is 8.46. The second kappa shape index (κ2) is 3.95. The van der Waals surface area contributed by atoms with Crippen molar-refractivity contribution in [3.05, 3.63) is 0 Å². The summed E-state index contributed by atoms with van der Waals surface area (Å²) in [6.07, 6.45) is 0.0917. The summed E-state index contributed by atoms with van der Waals surface area (Å²) in [6.45, 7) is 3.58. The fourth-order valence-electron chi connectivity index (χ4n) is 1.50. The molecule has 1 rings (SSSR count). The lowest BCUT2D eigenvalue weighted by atomic mass is 9.86. The predicted octanol–water partition coefficient (Wildman–Crippen LogP) is -0.884. The molecule has 0 saturated carbocycles. The molecule has 0 unspecified atom stereocenters. The van der Waals surface area contributed by atoms with Gasteiger partial charge in [-0.1, -0.05) is 13.8 Å². The first-order chi connectivity index (χ1) is 6.92. The molecule has 0 aromatic heterocycles. The monoisotopic (exact) mass is 215 g/mol. The minimum absolute atomic E-state index is 0.00523. The molecule has 0 aliphatic carbocycles. The Balaban J connectivity index is 3.00. The summed E-state index contributed by atoms with van der Waals surface area (Å²) < 4.78 is 0. The summed E-state index contributed by atoms with van der Waals surface area (Å²) in [5, 5.41) is 12.8. The van der Waals surface area contributed by atoms with Gasteiger partial charge in [0.2, 0.25) is 5.54 Å². The van der Waals surface area contributed by atoms with Crippen LogP contribution in [0.2, 0.25) is 0 Å². The van der Waals surface area contributed by atoms with Crippen LogP contribution in [0.3, 0.4) is 0 Å². The number of carbonyl (C=O) groups excluding carboxylic acids is 3. The molecule has 0 spiro atoms. The standard InChI is InChI=1S/C8H13N3O4/c1-4(2)3-8(11-15)5(12)9-7(14)10-6(8)13/h4,11,15H,3H2,1-2H3,(H2,9,10,12,13,14). The zero-order valence-electron chi connectivity index (χ0n) is 8.46. The van der Waals surface area contributed by atoms with Gasteiger partial charge in [0.1, 0.15) is 0 Å². The Hall–Kier alpha value is -1.47. The first-order valence-electron chi connectivity index (χ1n) is 4.50. The molecule has 0 bridgehead atoms. The van der Waals surface area contributed by atoms with Crippen LogP contribution in [-0.4, -0.2) is 28.6 Å². The molecular weight excluding hydrogens is 202 g/mol. The van der Waals surface area contributed by atoms with Gasteiger partial charge in [-0.15, -0.1) is 0 Å². The Morgan fingerprint density at radius 3 is 2.07 bits per heavy atom. The van der Waals surface area contributed by atoms with E-state index in [9.17, 15) is 14.4 Å². The maximum Gasteiger partial charge on any atom is 0.328 e. The van der Waals surface area contributed by atoms with Gasteiger partial charge in [0.05, 0.1) is 0 Å². The quantitative estimate of drug-likeness (QED) is 0.361. The highest BCUT2D eigenvalue weighted by molar-refractivity contribution is 6.22. The van der Waals surface area contributed by atoms with Gasteiger partial charge in [-0.25, -0.2) is 4.79 Å². The second-order valence-corrected chi connectivity index (χ2v) is 3.85. The molecule has 4 amide bonds. The molecule has 15 heavy (non-hydrogen) atoms. The average molecular weight is 215 g/mol. The molecule has 0 aromatic carbocycles. The molecule has 7 nitrogen and oxygen atoms in total. The van der Waals surface area contributed by atoms with Crippen molar-refractivity contribution in [2.75, 3.05) is 0 Å². The molecule has 4 N–H and O–H groups in total. The van der Waals surface area contributed by atoms with E-state index in [1.54, 1.807) is 19.3 Å². The van der Waals surface area contributed by atoms with E-state index in [4.69, 9.17) is 5.21 Å². The molecule has 1 aliphatic rings. The maximum atomic E-state index is 11.5. The van der Waals surface area contributed by atoms with Crippen molar-refractivity contribution < 1.29 is 19.6 Å². The van der Waals surface area contributed by atoms with Crippen LogP contribution in [0.4, 0.5) is 4.79 Å². The van der Waals surface area contributed by atoms with Crippen molar-refractivity contribution in [2.45, 2.75) is 25.8 Å². The van der Waals surface area contributed by atoms with Gasteiger partial charge >= 0.3 is 6.03 Å². The number of imide groups is 2. The van der Waals surface area contributed by atoms with E-state index in [1.807, 2.05) is 10.6 Å². The summed E-state index contributed by atoms with van der Waals surface area (Å²) in [7, 11) is 0. The molecule has 1 fully saturated rings. The second-order valence-electron chi connectivity index (χ2n) is 3.85. The number of hydrogen-bond donors (Lipinski definition) is 4. The van der Waals surface area contributed by atoms with E-state index in [0.29, 0.717) is 0 Å². The molecular formula is C8H13N3O4. The Morgan fingerprint density at radius 1 is 1.27 bits per heavy atom. The van der Waals surface area contributed by atoms with Gasteiger partial charge in [0.15, 0.2) is 0 Å². The van der Waals surface area contributed by atoms with E-state index in [-0.39, 0.29) is 12.3 Å². The van der Waals surface area contributed by atoms with Crippen LogP contribution in [0.5, 0.6) is 0 Å². The van der Waals surface area contributed by atoms with Crippen molar-refractivity contribution in [3.63, 3.8) is 0 Å². The van der Waals surface area contributed by atoms with Gasteiger partial charge in [-0.05, 0) is 12.3 Å². The van der Waals surface area contributed by atoms with Crippen molar-refractivity contribution in [2.24, 2.45) is 5.92 Å². The van der Waals surface area contributed by atoms with E-state index < -0.39 is 23.4 Å². The summed E-state index contributed by atoms with van der Waals surface area (Å²) in [4.78, 5) is 33.8. The topological polar surface area (TPSA) is 108 Å². The van der Waals surface area contributed by atoms with Gasteiger partial charge in [0, 0.05) is 0 Å². The van der Waals surface area contributed by atoms with Gasteiger partial charge in [-0.3, -0.25) is 20.2 Å². The molecule has 7 heteroatoms. The number of hydroxylamine groups is 1. The van der Waals surface area contributed by atoms with Crippen LogP contribution >= 0.6 is 0 Å². The number of hydrogen-bond acceptors (Lipinski definition) is 5. The number of carbonyl (C=O) groups is 3. The zero-order chi connectivity index (χ0) is 11.6. The highest BCUT2D eigenvalue weighted by atomic mass is 16.5. The van der Waals surface area contributed by atoms with Crippen LogP contribution in [0.1, 0.15) is 20.3 Å². The SMILES string of the molecule is CC(C)CC1(NO)C(=O)NC(=O)NC1=O. The van der Waals surface area contributed by atoms with Crippen molar-refractivity contribution in [1.82, 2.24) is 16.1 Å². The lowest BCUT2D eigenvalue weighted by Crippen LogP contribution is -2.72. The molecule has 1 aliphatic heterocycles. The molecule has 0 atom stereocenters. The van der Waals surface area contributed by atoms with Gasteiger partial charge < -0.3 is 5.21 Å². The molecule has 0 radical (unpaired) electrons. The Kier molecular flexibility index (Phi) is 3.06. The van der Waals surface area contributed by atoms with E-state index in [0.717, 1.165) is 0 Å². The first-order valence-corrected chi connectivity index (χ1v) is 4.50. The summed E-state index contributed by atoms with van der Waals surface area (Å²) in [6, 6.07) is -0.875. The van der Waals surface area contributed by atoms with Crippen molar-refractivity contribution in [1.29, 1.82) is 0 Å². The van der Waals surface area contributed by atoms with E-state index >= 15 is 0 Å². The van der Waals surface area contributed by atoms with Gasteiger partial charge in [0.25, 0.3) is 11.8 Å². The highest BCUT2D eigenvalue weighted by Gasteiger charge is 2.50. The van der Waals surface area contributed by atoms with Crippen LogP contribution in [0.25, 0.3) is 0 Å². The maximum absolute atomic E-state index is 11.5. The third kappa shape index (κ3) is 1.97. The van der Waals surface area contributed by atoms with Crippen molar-refractivity contribution in [3.8, 4) is 0 Å². The molecule has 84 valence electrons. The van der Waals surface area contributed by atoms with Crippen LogP contribution in [0.15, 0.2) is 0 Å². The Morgan fingerprint density at radius 2 is 1.73 bits per heavy atom. The Labute approximate surface area is 86.2 Å². The fourth-order valence-corrected chi connectivity index (χ4v) is 1.50. The minimum atomic E-state index is -1.78. The third-order valence-electron chi connectivity index (χ3n) is 2.13. The fraction of sp³-hybridized carbons (Fsp3) is 0.625. The normalized spacial score (nSPS) is 20.1. The van der Waals surface area contributed by atoms with E-state index in [1.165, 1.54) is 0 Å². The summed E-state index contributed by atoms with van der Waals surface area (Å²) in [5.41, 5.74) is -0.0832. The van der Waals surface area contributed by atoms with Crippen LogP contribution < -0.4 is 16.1 Å². The molecule has 1 heterocycles. The number of nitrogens with one attached hydrogen (secondary N) is 3. The Bertz CT molecular complexity index is 293. The smallest absolute Gasteiger partial charge is 0.315 e. The largest absolute Gasteiger partial charge is 0.328 e. The van der Waals surface area contributed by atoms with Crippen molar-refractivity contribution >= 4 is 17.8 Å². The number of rotatable bonds is 3. The van der Waals surface area contributed by atoms with Gasteiger partial charge in [-0.2, -0.15) is 5.48 Å². The predicted molar refractivity (Wildman–Crippen MR) is 48.8 cm³/mol. The van der Waals surface area contributed by atoms with Crippen LogP contribution in [0, 0.1) is 5.92 Å². The lowest BCUT2D eigenvalue weighted by molar-refractivity contribution is -0.146. The minimum Gasteiger partial charge on any atom is -0.315 e. The number of amides is 4. The average Bonchev–Trinajstić information content (AvgIpc) is 2.11. The molecule has 1 saturated heterocycles. The lowest BCUT2D eigenvalue weighted by Gasteiger charge is -2.33. The molecule has 0 aromatic rings.